The third kappa shape index (κ3) is 4.51. The maximum atomic E-state index is 13.2. The molecule has 2 fully saturated rings. The van der Waals surface area contributed by atoms with Crippen molar-refractivity contribution in [1.82, 2.24) is 24.6 Å². The van der Waals surface area contributed by atoms with E-state index in [1.54, 1.807) is 36.3 Å². The molecule has 3 aromatic rings. The molecular formula is C23H26FN7O2. The van der Waals surface area contributed by atoms with Crippen molar-refractivity contribution in [2.24, 2.45) is 7.05 Å². The van der Waals surface area contributed by atoms with Crippen LogP contribution in [0, 0.1) is 5.82 Å². The Morgan fingerprint density at radius 2 is 1.55 bits per heavy atom. The summed E-state index contributed by atoms with van der Waals surface area (Å²) in [6, 6.07) is 9.89. The van der Waals surface area contributed by atoms with E-state index in [0.29, 0.717) is 50.8 Å². The fraction of sp³-hybridized carbons (Fsp3) is 0.391. The number of carbonyl (C=O) groups excluding carboxylic acids is 1. The summed E-state index contributed by atoms with van der Waals surface area (Å²) in [7, 11) is 1.75. The van der Waals surface area contributed by atoms with Crippen LogP contribution in [0.25, 0.3) is 11.3 Å². The molecule has 0 aliphatic carbocycles. The minimum absolute atomic E-state index is 0.0605. The van der Waals surface area contributed by atoms with Crippen molar-refractivity contribution in [3.05, 3.63) is 54.2 Å². The van der Waals surface area contributed by atoms with E-state index in [1.807, 2.05) is 11.0 Å². The van der Waals surface area contributed by atoms with Crippen LogP contribution in [-0.2, 0) is 11.8 Å². The first-order valence-electron chi connectivity index (χ1n) is 11.1. The van der Waals surface area contributed by atoms with Crippen LogP contribution in [0.4, 0.5) is 16.0 Å². The summed E-state index contributed by atoms with van der Waals surface area (Å²) in [5.74, 6) is 1.42. The van der Waals surface area contributed by atoms with Crippen molar-refractivity contribution >= 4 is 17.5 Å². The monoisotopic (exact) mass is 451 g/mol. The second kappa shape index (κ2) is 9.14. The number of aromatic nitrogens is 4. The number of benzene rings is 1. The number of anilines is 2. The first kappa shape index (κ1) is 21.3. The van der Waals surface area contributed by atoms with Crippen LogP contribution in [-0.4, -0.2) is 83.0 Å². The smallest absolute Gasteiger partial charge is 0.272 e. The zero-order valence-electron chi connectivity index (χ0n) is 18.5. The molecule has 0 atom stereocenters. The number of nitrogens with zero attached hydrogens (tertiary/aromatic N) is 7. The van der Waals surface area contributed by atoms with Crippen LogP contribution < -0.4 is 9.80 Å². The number of amides is 1. The molecule has 2 aliphatic heterocycles. The standard InChI is InChI=1S/C23H26FN7O2/c1-28-20(14-19(27-28)17-2-4-18(24)5-3-17)23(32)31-8-6-29(7-9-31)21-15-22(26-16-25-21)30-10-12-33-13-11-30/h2-5,14-16H,6-13H2,1H3. The minimum atomic E-state index is -0.301. The number of halogens is 1. The van der Waals surface area contributed by atoms with Crippen LogP contribution in [0.3, 0.4) is 0 Å². The summed E-state index contributed by atoms with van der Waals surface area (Å²) >= 11 is 0. The Balaban J connectivity index is 1.24. The summed E-state index contributed by atoms with van der Waals surface area (Å²) in [5, 5.41) is 4.45. The SMILES string of the molecule is Cn1nc(-c2ccc(F)cc2)cc1C(=O)N1CCN(c2cc(N3CCOCC3)ncn2)CC1. The van der Waals surface area contributed by atoms with Gasteiger partial charge in [-0.3, -0.25) is 9.48 Å². The molecule has 4 heterocycles. The highest BCUT2D eigenvalue weighted by Crippen LogP contribution is 2.22. The average molecular weight is 452 g/mol. The molecule has 1 aromatic carbocycles. The molecule has 0 spiro atoms. The molecule has 0 unspecified atom stereocenters. The third-order valence-electron chi connectivity index (χ3n) is 6.10. The van der Waals surface area contributed by atoms with E-state index in [2.05, 4.69) is 24.9 Å². The van der Waals surface area contributed by atoms with E-state index in [1.165, 1.54) is 12.1 Å². The summed E-state index contributed by atoms with van der Waals surface area (Å²) in [6.07, 6.45) is 1.60. The number of hydrogen-bond donors (Lipinski definition) is 0. The van der Waals surface area contributed by atoms with Gasteiger partial charge in [0, 0.05) is 57.9 Å². The van der Waals surface area contributed by atoms with E-state index in [0.717, 1.165) is 30.3 Å². The zero-order valence-corrected chi connectivity index (χ0v) is 18.5. The molecular weight excluding hydrogens is 425 g/mol. The fourth-order valence-corrected chi connectivity index (χ4v) is 4.21. The van der Waals surface area contributed by atoms with Crippen molar-refractivity contribution in [1.29, 1.82) is 0 Å². The Morgan fingerprint density at radius 3 is 2.21 bits per heavy atom. The Morgan fingerprint density at radius 1 is 0.909 bits per heavy atom. The summed E-state index contributed by atoms with van der Waals surface area (Å²) in [5.41, 5.74) is 1.94. The normalized spacial score (nSPS) is 16.8. The Kier molecular flexibility index (Phi) is 5.91. The predicted molar refractivity (Wildman–Crippen MR) is 122 cm³/mol. The van der Waals surface area contributed by atoms with E-state index in [9.17, 15) is 9.18 Å². The Hall–Kier alpha value is -3.53. The zero-order chi connectivity index (χ0) is 22.8. The maximum absolute atomic E-state index is 13.2. The van der Waals surface area contributed by atoms with Gasteiger partial charge in [0.1, 0.15) is 29.5 Å². The molecule has 5 rings (SSSR count). The Labute approximate surface area is 191 Å². The molecule has 2 saturated heterocycles. The van der Waals surface area contributed by atoms with Gasteiger partial charge in [-0.1, -0.05) is 0 Å². The van der Waals surface area contributed by atoms with Gasteiger partial charge in [0.15, 0.2) is 0 Å². The van der Waals surface area contributed by atoms with Gasteiger partial charge in [-0.05, 0) is 30.3 Å². The highest BCUT2D eigenvalue weighted by molar-refractivity contribution is 5.94. The number of piperazine rings is 1. The van der Waals surface area contributed by atoms with Crippen LogP contribution in [0.5, 0.6) is 0 Å². The van der Waals surface area contributed by atoms with Crippen molar-refractivity contribution in [2.75, 3.05) is 62.3 Å². The quantitative estimate of drug-likeness (QED) is 0.599. The van der Waals surface area contributed by atoms with Gasteiger partial charge in [-0.15, -0.1) is 0 Å². The molecule has 10 heteroatoms. The average Bonchev–Trinajstić information content (AvgIpc) is 3.26. The lowest BCUT2D eigenvalue weighted by Gasteiger charge is -2.35. The predicted octanol–water partition coefficient (Wildman–Crippen LogP) is 1.82. The summed E-state index contributed by atoms with van der Waals surface area (Å²) < 4.78 is 20.2. The highest BCUT2D eigenvalue weighted by atomic mass is 19.1. The van der Waals surface area contributed by atoms with Gasteiger partial charge in [-0.25, -0.2) is 14.4 Å². The summed E-state index contributed by atoms with van der Waals surface area (Å²) in [4.78, 5) is 28.3. The van der Waals surface area contributed by atoms with Crippen molar-refractivity contribution < 1.29 is 13.9 Å². The molecule has 2 aliphatic rings. The number of aryl methyl sites for hydroxylation is 1. The largest absolute Gasteiger partial charge is 0.378 e. The number of hydrogen-bond acceptors (Lipinski definition) is 7. The molecule has 172 valence electrons. The van der Waals surface area contributed by atoms with E-state index in [-0.39, 0.29) is 11.7 Å². The van der Waals surface area contributed by atoms with Crippen molar-refractivity contribution in [3.63, 3.8) is 0 Å². The van der Waals surface area contributed by atoms with Gasteiger partial charge in [0.25, 0.3) is 5.91 Å². The van der Waals surface area contributed by atoms with Gasteiger partial charge in [-0.2, -0.15) is 5.10 Å². The Bertz CT molecular complexity index is 1120. The molecule has 1 amide bonds. The first-order chi connectivity index (χ1) is 16.1. The van der Waals surface area contributed by atoms with E-state index < -0.39 is 0 Å². The van der Waals surface area contributed by atoms with Gasteiger partial charge in [0.2, 0.25) is 0 Å². The molecule has 33 heavy (non-hydrogen) atoms. The number of carbonyl (C=O) groups is 1. The van der Waals surface area contributed by atoms with E-state index in [4.69, 9.17) is 4.74 Å². The van der Waals surface area contributed by atoms with Crippen LogP contribution in [0.15, 0.2) is 42.7 Å². The molecule has 0 saturated carbocycles. The first-order valence-corrected chi connectivity index (χ1v) is 11.1. The molecule has 9 nitrogen and oxygen atoms in total. The van der Waals surface area contributed by atoms with Crippen LogP contribution in [0.2, 0.25) is 0 Å². The highest BCUT2D eigenvalue weighted by Gasteiger charge is 2.26. The van der Waals surface area contributed by atoms with Gasteiger partial charge >= 0.3 is 0 Å². The van der Waals surface area contributed by atoms with Crippen molar-refractivity contribution in [2.45, 2.75) is 0 Å². The molecule has 0 bridgehead atoms. The minimum Gasteiger partial charge on any atom is -0.378 e. The lowest BCUT2D eigenvalue weighted by molar-refractivity contribution is 0.0735. The maximum Gasteiger partial charge on any atom is 0.272 e. The fourth-order valence-electron chi connectivity index (χ4n) is 4.21. The van der Waals surface area contributed by atoms with Crippen LogP contribution in [0.1, 0.15) is 10.5 Å². The van der Waals surface area contributed by atoms with Gasteiger partial charge < -0.3 is 19.4 Å². The lowest BCUT2D eigenvalue weighted by Crippen LogP contribution is -2.49. The third-order valence-corrected chi connectivity index (χ3v) is 6.10. The lowest BCUT2D eigenvalue weighted by atomic mass is 10.1. The second-order valence-corrected chi connectivity index (χ2v) is 8.16. The van der Waals surface area contributed by atoms with E-state index >= 15 is 0 Å². The molecule has 0 radical (unpaired) electrons. The summed E-state index contributed by atoms with van der Waals surface area (Å²) in [6.45, 7) is 5.61. The molecule has 0 N–H and O–H groups in total. The number of rotatable bonds is 4. The van der Waals surface area contributed by atoms with Crippen molar-refractivity contribution in [3.8, 4) is 11.3 Å². The second-order valence-electron chi connectivity index (χ2n) is 8.16. The van der Waals surface area contributed by atoms with Crippen LogP contribution >= 0.6 is 0 Å². The number of morpholine rings is 1. The van der Waals surface area contributed by atoms with Gasteiger partial charge in [0.05, 0.1) is 18.9 Å². The molecule has 2 aromatic heterocycles. The number of ether oxygens (including phenoxy) is 1. The topological polar surface area (TPSA) is 79.6 Å².